The van der Waals surface area contributed by atoms with E-state index in [1.54, 1.807) is 0 Å². The highest BCUT2D eigenvalue weighted by Crippen LogP contribution is 2.33. The van der Waals surface area contributed by atoms with E-state index in [9.17, 15) is 0 Å². The van der Waals surface area contributed by atoms with Crippen LogP contribution in [0, 0.1) is 5.92 Å². The number of hydrogen-bond acceptors (Lipinski definition) is 1. The maximum absolute atomic E-state index is 2.73. The Morgan fingerprint density at radius 3 is 2.72 bits per heavy atom. The van der Waals surface area contributed by atoms with E-state index in [1.807, 2.05) is 0 Å². The number of benzene rings is 1. The van der Waals surface area contributed by atoms with Crippen LogP contribution >= 0.6 is 0 Å². The quantitative estimate of drug-likeness (QED) is 0.754. The van der Waals surface area contributed by atoms with Crippen molar-refractivity contribution in [3.63, 3.8) is 0 Å². The molecule has 1 saturated heterocycles. The molecule has 0 bridgehead atoms. The Morgan fingerprint density at radius 1 is 1.11 bits per heavy atom. The molecule has 1 saturated carbocycles. The molecule has 3 rings (SSSR count). The lowest BCUT2D eigenvalue weighted by molar-refractivity contribution is 0.245. The van der Waals surface area contributed by atoms with Crippen LogP contribution in [-0.2, 0) is 0 Å². The molecule has 1 unspecified atom stereocenters. The van der Waals surface area contributed by atoms with Gasteiger partial charge in [-0.1, -0.05) is 42.5 Å². The maximum Gasteiger partial charge on any atom is 0.0130 e. The summed E-state index contributed by atoms with van der Waals surface area (Å²) in [6.45, 7) is 2.70. The minimum atomic E-state index is 0.811. The van der Waals surface area contributed by atoms with Crippen molar-refractivity contribution in [3.05, 3.63) is 42.0 Å². The molecule has 1 heteroatoms. The summed E-state index contributed by atoms with van der Waals surface area (Å²) in [6.07, 6.45) is 11.6. The number of rotatable bonds is 5. The SMILES string of the molecule is C(=C\c1ccccc1)/CC1CCCN1CC1CC1. The van der Waals surface area contributed by atoms with Gasteiger partial charge in [-0.05, 0) is 50.1 Å². The second kappa shape index (κ2) is 5.71. The molecule has 1 heterocycles. The smallest absolute Gasteiger partial charge is 0.0130 e. The fourth-order valence-electron chi connectivity index (χ4n) is 2.96. The zero-order chi connectivity index (χ0) is 12.2. The third kappa shape index (κ3) is 3.23. The molecule has 0 N–H and O–H groups in total. The zero-order valence-electron chi connectivity index (χ0n) is 11.1. The molecule has 0 aromatic heterocycles. The van der Waals surface area contributed by atoms with Crippen LogP contribution < -0.4 is 0 Å². The molecule has 96 valence electrons. The first-order valence-corrected chi connectivity index (χ1v) is 7.37. The Bertz CT molecular complexity index is 391. The van der Waals surface area contributed by atoms with Crippen LogP contribution in [0.2, 0.25) is 0 Å². The fourth-order valence-corrected chi connectivity index (χ4v) is 2.96. The van der Waals surface area contributed by atoms with Crippen LogP contribution in [-0.4, -0.2) is 24.0 Å². The van der Waals surface area contributed by atoms with Crippen LogP contribution in [0.3, 0.4) is 0 Å². The number of hydrogen-bond donors (Lipinski definition) is 0. The molecule has 0 spiro atoms. The second-order valence-corrected chi connectivity index (χ2v) is 5.78. The third-order valence-electron chi connectivity index (χ3n) is 4.21. The maximum atomic E-state index is 2.73. The zero-order valence-corrected chi connectivity index (χ0v) is 11.1. The lowest BCUT2D eigenvalue weighted by Crippen LogP contribution is -2.30. The molecule has 2 aliphatic rings. The molecule has 2 fully saturated rings. The van der Waals surface area contributed by atoms with E-state index >= 15 is 0 Å². The van der Waals surface area contributed by atoms with Crippen molar-refractivity contribution in [3.8, 4) is 0 Å². The van der Waals surface area contributed by atoms with Crippen molar-refractivity contribution in [1.29, 1.82) is 0 Å². The van der Waals surface area contributed by atoms with Crippen molar-refractivity contribution >= 4 is 6.08 Å². The summed E-state index contributed by atoms with van der Waals surface area (Å²) in [4.78, 5) is 2.73. The molecular formula is C17H23N. The third-order valence-corrected chi connectivity index (χ3v) is 4.21. The standard InChI is InChI=1S/C17H23N/c1-2-6-15(7-3-1)8-4-9-17-10-5-13-18(17)14-16-11-12-16/h1-4,6-8,16-17H,5,9-14H2/b8-4+. The molecule has 0 radical (unpaired) electrons. The molecule has 0 amide bonds. The van der Waals surface area contributed by atoms with Gasteiger partial charge in [0.1, 0.15) is 0 Å². The van der Waals surface area contributed by atoms with Gasteiger partial charge in [0.25, 0.3) is 0 Å². The van der Waals surface area contributed by atoms with Crippen LogP contribution in [0.5, 0.6) is 0 Å². The molecular weight excluding hydrogens is 218 g/mol. The van der Waals surface area contributed by atoms with Gasteiger partial charge in [-0.3, -0.25) is 4.90 Å². The van der Waals surface area contributed by atoms with Crippen molar-refractivity contribution in [2.75, 3.05) is 13.1 Å². The first-order chi connectivity index (χ1) is 8.92. The van der Waals surface area contributed by atoms with Crippen LogP contribution in [0.25, 0.3) is 6.08 Å². The Morgan fingerprint density at radius 2 is 1.94 bits per heavy atom. The summed E-state index contributed by atoms with van der Waals surface area (Å²) in [7, 11) is 0. The molecule has 1 aromatic rings. The first kappa shape index (κ1) is 12.0. The summed E-state index contributed by atoms with van der Waals surface area (Å²) in [6, 6.07) is 11.4. The minimum Gasteiger partial charge on any atom is -0.300 e. The average molecular weight is 241 g/mol. The van der Waals surface area contributed by atoms with Gasteiger partial charge < -0.3 is 0 Å². The monoisotopic (exact) mass is 241 g/mol. The highest BCUT2D eigenvalue weighted by Gasteiger charge is 2.30. The summed E-state index contributed by atoms with van der Waals surface area (Å²) in [5, 5.41) is 0. The van der Waals surface area contributed by atoms with E-state index in [-0.39, 0.29) is 0 Å². The van der Waals surface area contributed by atoms with Crippen LogP contribution in [0.1, 0.15) is 37.7 Å². The topological polar surface area (TPSA) is 3.24 Å². The van der Waals surface area contributed by atoms with Crippen molar-refractivity contribution in [2.24, 2.45) is 5.92 Å². The number of likely N-dealkylation sites (tertiary alicyclic amines) is 1. The van der Waals surface area contributed by atoms with Crippen molar-refractivity contribution in [2.45, 2.75) is 38.1 Å². The summed E-state index contributed by atoms with van der Waals surface area (Å²) in [5.74, 6) is 1.03. The van der Waals surface area contributed by atoms with Crippen LogP contribution in [0.15, 0.2) is 36.4 Å². The van der Waals surface area contributed by atoms with Gasteiger partial charge in [0.15, 0.2) is 0 Å². The highest BCUT2D eigenvalue weighted by atomic mass is 15.2. The molecule has 1 nitrogen and oxygen atoms in total. The van der Waals surface area contributed by atoms with Crippen molar-refractivity contribution < 1.29 is 0 Å². The summed E-state index contributed by atoms with van der Waals surface area (Å²) >= 11 is 0. The predicted molar refractivity (Wildman–Crippen MR) is 77.4 cm³/mol. The average Bonchev–Trinajstić information content (AvgIpc) is 3.11. The molecule has 1 aliphatic carbocycles. The predicted octanol–water partition coefficient (Wildman–Crippen LogP) is 3.96. The Balaban J connectivity index is 1.50. The molecule has 1 atom stereocenters. The van der Waals surface area contributed by atoms with E-state index in [0.717, 1.165) is 12.0 Å². The van der Waals surface area contributed by atoms with E-state index < -0.39 is 0 Å². The Kier molecular flexibility index (Phi) is 3.80. The lowest BCUT2D eigenvalue weighted by atomic mass is 10.1. The van der Waals surface area contributed by atoms with Gasteiger partial charge >= 0.3 is 0 Å². The Hall–Kier alpha value is -1.08. The first-order valence-electron chi connectivity index (χ1n) is 7.37. The van der Waals surface area contributed by atoms with E-state index in [1.165, 1.54) is 50.8 Å². The van der Waals surface area contributed by atoms with Crippen molar-refractivity contribution in [1.82, 2.24) is 4.90 Å². The van der Waals surface area contributed by atoms with Gasteiger partial charge in [0.05, 0.1) is 0 Å². The number of nitrogens with zero attached hydrogens (tertiary/aromatic N) is 1. The normalized spacial score (nSPS) is 25.0. The van der Waals surface area contributed by atoms with E-state index in [4.69, 9.17) is 0 Å². The van der Waals surface area contributed by atoms with Gasteiger partial charge in [-0.2, -0.15) is 0 Å². The highest BCUT2D eigenvalue weighted by molar-refractivity contribution is 5.48. The molecule has 1 aromatic carbocycles. The van der Waals surface area contributed by atoms with E-state index in [2.05, 4.69) is 47.4 Å². The second-order valence-electron chi connectivity index (χ2n) is 5.78. The van der Waals surface area contributed by atoms with Gasteiger partial charge in [0, 0.05) is 12.6 Å². The summed E-state index contributed by atoms with van der Waals surface area (Å²) < 4.78 is 0. The van der Waals surface area contributed by atoms with Gasteiger partial charge in [-0.25, -0.2) is 0 Å². The molecule has 1 aliphatic heterocycles. The fraction of sp³-hybridized carbons (Fsp3) is 0.529. The van der Waals surface area contributed by atoms with Gasteiger partial charge in [0.2, 0.25) is 0 Å². The largest absolute Gasteiger partial charge is 0.300 e. The minimum absolute atomic E-state index is 0.811. The Labute approximate surface area is 111 Å². The van der Waals surface area contributed by atoms with Crippen LogP contribution in [0.4, 0.5) is 0 Å². The van der Waals surface area contributed by atoms with Gasteiger partial charge in [-0.15, -0.1) is 0 Å². The van der Waals surface area contributed by atoms with E-state index in [0.29, 0.717) is 0 Å². The lowest BCUT2D eigenvalue weighted by Gasteiger charge is -2.23. The molecule has 18 heavy (non-hydrogen) atoms. The summed E-state index contributed by atoms with van der Waals surface area (Å²) in [5.41, 5.74) is 1.32.